The highest BCUT2D eigenvalue weighted by atomic mass is 16.5. The molecule has 4 rings (SSSR count). The van der Waals surface area contributed by atoms with Gasteiger partial charge in [0, 0.05) is 5.56 Å². The summed E-state index contributed by atoms with van der Waals surface area (Å²) in [6.07, 6.45) is 0. The van der Waals surface area contributed by atoms with Gasteiger partial charge in [0.15, 0.2) is 0 Å². The zero-order valence-corrected chi connectivity index (χ0v) is 20.1. The van der Waals surface area contributed by atoms with Crippen molar-refractivity contribution in [3.63, 3.8) is 0 Å². The van der Waals surface area contributed by atoms with Gasteiger partial charge >= 0.3 is 0 Å². The van der Waals surface area contributed by atoms with Gasteiger partial charge in [-0.05, 0) is 70.1 Å². The molecule has 0 fully saturated rings. The highest BCUT2D eigenvalue weighted by Gasteiger charge is 2.13. The first kappa shape index (κ1) is 23.2. The summed E-state index contributed by atoms with van der Waals surface area (Å²) in [4.78, 5) is 12.5. The van der Waals surface area contributed by atoms with E-state index < -0.39 is 0 Å². The Morgan fingerprint density at radius 1 is 0.824 bits per heavy atom. The van der Waals surface area contributed by atoms with Crippen LogP contribution in [0.25, 0.3) is 10.8 Å². The summed E-state index contributed by atoms with van der Waals surface area (Å²) < 4.78 is 5.90. The van der Waals surface area contributed by atoms with Crippen LogP contribution in [0.15, 0.2) is 96.1 Å². The third kappa shape index (κ3) is 5.70. The van der Waals surface area contributed by atoms with Gasteiger partial charge in [-0.3, -0.25) is 4.79 Å². The molecule has 4 heteroatoms. The lowest BCUT2D eigenvalue weighted by Gasteiger charge is -2.19. The minimum absolute atomic E-state index is 0.118. The highest BCUT2D eigenvalue weighted by Crippen LogP contribution is 2.24. The van der Waals surface area contributed by atoms with Crippen LogP contribution in [0.5, 0.6) is 5.75 Å². The van der Waals surface area contributed by atoms with Crippen LogP contribution in [0.2, 0.25) is 0 Å². The molecule has 4 aromatic rings. The fourth-order valence-electron chi connectivity index (χ4n) is 3.65. The van der Waals surface area contributed by atoms with Crippen LogP contribution in [0.4, 0.5) is 0 Å². The maximum Gasteiger partial charge on any atom is 0.271 e. The minimum atomic E-state index is -0.245. The molecule has 172 valence electrons. The molecule has 0 aliphatic rings. The predicted molar refractivity (Wildman–Crippen MR) is 140 cm³/mol. The van der Waals surface area contributed by atoms with E-state index in [1.54, 1.807) is 12.1 Å². The van der Waals surface area contributed by atoms with E-state index in [4.69, 9.17) is 4.74 Å². The molecular formula is C30H30N2O2. The third-order valence-electron chi connectivity index (χ3n) is 5.83. The molecule has 0 aliphatic carbocycles. The van der Waals surface area contributed by atoms with E-state index in [9.17, 15) is 4.79 Å². The van der Waals surface area contributed by atoms with E-state index in [2.05, 4.69) is 67.7 Å². The number of hydrogen-bond donors (Lipinski definition) is 1. The van der Waals surface area contributed by atoms with Crippen LogP contribution >= 0.6 is 0 Å². The summed E-state index contributed by atoms with van der Waals surface area (Å²) in [5.74, 6) is 0.582. The molecule has 4 aromatic carbocycles. The molecule has 4 nitrogen and oxygen atoms in total. The Kier molecular flexibility index (Phi) is 6.78. The number of hydrogen-bond acceptors (Lipinski definition) is 3. The molecule has 0 atom stereocenters. The number of hydrazone groups is 1. The largest absolute Gasteiger partial charge is 0.489 e. The summed E-state index contributed by atoms with van der Waals surface area (Å²) >= 11 is 0. The number of carbonyl (C=O) groups excluding carboxylic acids is 1. The Balaban J connectivity index is 1.34. The lowest BCUT2D eigenvalue weighted by atomic mass is 9.87. The van der Waals surface area contributed by atoms with Crippen molar-refractivity contribution in [2.45, 2.75) is 39.7 Å². The third-order valence-corrected chi connectivity index (χ3v) is 5.83. The Morgan fingerprint density at radius 3 is 2.15 bits per heavy atom. The number of benzene rings is 4. The maximum absolute atomic E-state index is 12.5. The normalized spacial score (nSPS) is 11.9. The van der Waals surface area contributed by atoms with Gasteiger partial charge in [0.25, 0.3) is 5.91 Å². The molecular weight excluding hydrogens is 420 g/mol. The second-order valence-corrected chi connectivity index (χ2v) is 9.46. The standard InChI is InChI=1S/C30H30N2O2/c1-21(25-14-13-23-7-5-6-8-26(23)19-25)31-32-29(33)24-11-9-22(10-12-24)20-34-28-17-15-27(16-18-28)30(2,3)4/h5-19H,20H2,1-4H3,(H,32,33)/b31-21-. The van der Waals surface area contributed by atoms with Crippen molar-refractivity contribution in [1.82, 2.24) is 5.43 Å². The van der Waals surface area contributed by atoms with Crippen molar-refractivity contribution in [3.8, 4) is 5.75 Å². The quantitative estimate of drug-likeness (QED) is 0.257. The number of fused-ring (bicyclic) bond motifs is 1. The highest BCUT2D eigenvalue weighted by molar-refractivity contribution is 6.03. The van der Waals surface area contributed by atoms with E-state index in [0.29, 0.717) is 12.2 Å². The smallest absolute Gasteiger partial charge is 0.271 e. The monoisotopic (exact) mass is 450 g/mol. The van der Waals surface area contributed by atoms with Gasteiger partial charge in [0.05, 0.1) is 5.71 Å². The zero-order valence-electron chi connectivity index (χ0n) is 20.1. The fourth-order valence-corrected chi connectivity index (χ4v) is 3.65. The molecule has 0 aliphatic heterocycles. The van der Waals surface area contributed by atoms with Gasteiger partial charge in [0.1, 0.15) is 12.4 Å². The van der Waals surface area contributed by atoms with Crippen molar-refractivity contribution < 1.29 is 9.53 Å². The molecule has 34 heavy (non-hydrogen) atoms. The Labute approximate surface area is 201 Å². The second-order valence-electron chi connectivity index (χ2n) is 9.46. The van der Waals surface area contributed by atoms with E-state index >= 15 is 0 Å². The molecule has 1 N–H and O–H groups in total. The van der Waals surface area contributed by atoms with Crippen LogP contribution in [0.3, 0.4) is 0 Å². The van der Waals surface area contributed by atoms with Gasteiger partial charge in [0.2, 0.25) is 0 Å². The summed E-state index contributed by atoms with van der Waals surface area (Å²) in [7, 11) is 0. The number of nitrogens with zero attached hydrogens (tertiary/aromatic N) is 1. The van der Waals surface area contributed by atoms with E-state index in [-0.39, 0.29) is 11.3 Å². The molecule has 0 spiro atoms. The molecule has 0 saturated heterocycles. The summed E-state index contributed by atoms with van der Waals surface area (Å²) in [6.45, 7) is 8.90. The van der Waals surface area contributed by atoms with Crippen LogP contribution in [0.1, 0.15) is 54.7 Å². The predicted octanol–water partition coefficient (Wildman–Crippen LogP) is 6.87. The van der Waals surface area contributed by atoms with Crippen LogP contribution < -0.4 is 10.2 Å². The molecule has 0 aromatic heterocycles. The van der Waals surface area contributed by atoms with Crippen LogP contribution in [0, 0.1) is 0 Å². The number of carbonyl (C=O) groups is 1. The first-order valence-corrected chi connectivity index (χ1v) is 11.5. The van der Waals surface area contributed by atoms with Crippen molar-refractivity contribution in [2.75, 3.05) is 0 Å². The van der Waals surface area contributed by atoms with Crippen molar-refractivity contribution in [1.29, 1.82) is 0 Å². The lowest BCUT2D eigenvalue weighted by molar-refractivity contribution is 0.0954. The Morgan fingerprint density at radius 2 is 1.47 bits per heavy atom. The first-order valence-electron chi connectivity index (χ1n) is 11.5. The lowest BCUT2D eigenvalue weighted by Crippen LogP contribution is -2.19. The van der Waals surface area contributed by atoms with Gasteiger partial charge in [-0.1, -0.05) is 81.4 Å². The number of amides is 1. The first-order chi connectivity index (χ1) is 16.3. The van der Waals surface area contributed by atoms with Gasteiger partial charge in [-0.25, -0.2) is 5.43 Å². The molecule has 0 radical (unpaired) electrons. The molecule has 0 unspecified atom stereocenters. The summed E-state index contributed by atoms with van der Waals surface area (Å²) in [5, 5.41) is 6.61. The molecule has 0 saturated carbocycles. The minimum Gasteiger partial charge on any atom is -0.489 e. The van der Waals surface area contributed by atoms with Gasteiger partial charge in [-0.15, -0.1) is 0 Å². The van der Waals surface area contributed by atoms with E-state index in [1.807, 2.05) is 49.4 Å². The molecule has 0 bridgehead atoms. The SMILES string of the molecule is C/C(=N/NC(=O)c1ccc(COc2ccc(C(C)(C)C)cc2)cc1)c1ccc2ccccc2c1. The number of ether oxygens (including phenoxy) is 1. The number of rotatable bonds is 6. The van der Waals surface area contributed by atoms with Gasteiger partial charge in [-0.2, -0.15) is 5.10 Å². The fraction of sp³-hybridized carbons (Fsp3) is 0.200. The summed E-state index contributed by atoms with van der Waals surface area (Å²) in [6, 6.07) is 29.9. The van der Waals surface area contributed by atoms with Crippen molar-refractivity contribution in [2.24, 2.45) is 5.10 Å². The zero-order chi connectivity index (χ0) is 24.1. The van der Waals surface area contributed by atoms with Crippen molar-refractivity contribution >= 4 is 22.4 Å². The van der Waals surface area contributed by atoms with Gasteiger partial charge < -0.3 is 4.74 Å². The van der Waals surface area contributed by atoms with E-state index in [1.165, 1.54) is 10.9 Å². The topological polar surface area (TPSA) is 50.7 Å². The number of nitrogens with one attached hydrogen (secondary N) is 1. The Bertz CT molecular complexity index is 1310. The maximum atomic E-state index is 12.5. The summed E-state index contributed by atoms with van der Waals surface area (Å²) in [5.41, 5.74) is 7.32. The van der Waals surface area contributed by atoms with Crippen LogP contribution in [-0.2, 0) is 12.0 Å². The average Bonchev–Trinajstić information content (AvgIpc) is 2.85. The Hall–Kier alpha value is -3.92. The second kappa shape index (κ2) is 9.92. The van der Waals surface area contributed by atoms with E-state index in [0.717, 1.165) is 28.0 Å². The average molecular weight is 451 g/mol. The van der Waals surface area contributed by atoms with Crippen LogP contribution in [-0.4, -0.2) is 11.6 Å². The molecule has 1 amide bonds. The van der Waals surface area contributed by atoms with Crippen molar-refractivity contribution in [3.05, 3.63) is 113 Å². The molecule has 0 heterocycles.